The number of unbranched alkanes of at least 4 members (excludes halogenated alkanes) is 4. The van der Waals surface area contributed by atoms with E-state index in [4.69, 9.17) is 10.00 Å². The van der Waals surface area contributed by atoms with Gasteiger partial charge in [-0.05, 0) is 37.0 Å². The maximum absolute atomic E-state index is 9.11. The Labute approximate surface area is 170 Å². The van der Waals surface area contributed by atoms with Gasteiger partial charge < -0.3 is 4.74 Å². The summed E-state index contributed by atoms with van der Waals surface area (Å²) in [5, 5.41) is 18.1. The topological polar surface area (TPSA) is 51.5 Å². The lowest BCUT2D eigenvalue weighted by Crippen LogP contribution is -2.77. The molecule has 2 aliphatic rings. The first-order valence-corrected chi connectivity index (χ1v) is 11.1. The van der Waals surface area contributed by atoms with Gasteiger partial charge in [0.1, 0.15) is 11.8 Å². The molecule has 1 aromatic carbocycles. The van der Waals surface area contributed by atoms with Crippen LogP contribution in [0.15, 0.2) is 24.3 Å². The minimum absolute atomic E-state index is 0.00240. The molecule has 0 aliphatic carbocycles. The minimum atomic E-state index is -0.148. The number of rotatable bonds is 10. The van der Waals surface area contributed by atoms with E-state index in [0.29, 0.717) is 5.56 Å². The number of benzene rings is 1. The molecule has 2 saturated heterocycles. The van der Waals surface area contributed by atoms with Crippen molar-refractivity contribution in [3.05, 3.63) is 35.4 Å². The second-order valence-electron chi connectivity index (χ2n) is 8.08. The number of ether oxygens (including phenoxy) is 1. The molecule has 0 saturated carbocycles. The number of nitriles is 1. The van der Waals surface area contributed by atoms with E-state index in [-0.39, 0.29) is 11.8 Å². The van der Waals surface area contributed by atoms with Crippen LogP contribution in [0.4, 0.5) is 0 Å². The van der Waals surface area contributed by atoms with Gasteiger partial charge in [-0.2, -0.15) is 5.26 Å². The zero-order valence-electron chi connectivity index (χ0n) is 17.6. The van der Waals surface area contributed by atoms with Crippen molar-refractivity contribution in [3.63, 3.8) is 0 Å². The lowest BCUT2D eigenvalue weighted by Gasteiger charge is -2.61. The summed E-state index contributed by atoms with van der Waals surface area (Å²) >= 11 is 0. The van der Waals surface area contributed by atoms with Gasteiger partial charge in [0.05, 0.1) is 18.2 Å². The highest BCUT2D eigenvalue weighted by molar-refractivity contribution is 5.34. The number of hydrogen-bond donors (Lipinski definition) is 1. The van der Waals surface area contributed by atoms with Crippen LogP contribution in [0.3, 0.4) is 0 Å². The Balaban J connectivity index is 1.78. The summed E-state index contributed by atoms with van der Waals surface area (Å²) in [6.07, 6.45) is 8.67. The van der Waals surface area contributed by atoms with Gasteiger partial charge in [-0.15, -0.1) is 0 Å². The molecule has 0 aromatic heterocycles. The Kier molecular flexibility index (Phi) is 7.87. The summed E-state index contributed by atoms with van der Waals surface area (Å²) < 4.78 is 6.31. The number of nitrogens with zero attached hydrogens (tertiary/aromatic N) is 3. The number of nitrogens with one attached hydrogen (secondary N) is 1. The van der Waals surface area contributed by atoms with Crippen molar-refractivity contribution >= 4 is 0 Å². The zero-order chi connectivity index (χ0) is 19.8. The van der Waals surface area contributed by atoms with Crippen LogP contribution < -0.4 is 5.32 Å². The number of hydrogen-bond acceptors (Lipinski definition) is 5. The largest absolute Gasteiger partial charge is 0.369 e. The van der Waals surface area contributed by atoms with E-state index in [2.05, 4.69) is 47.4 Å². The zero-order valence-corrected chi connectivity index (χ0v) is 17.6. The van der Waals surface area contributed by atoms with Crippen LogP contribution in [-0.4, -0.2) is 48.5 Å². The third-order valence-corrected chi connectivity index (χ3v) is 6.14. The van der Waals surface area contributed by atoms with Crippen LogP contribution in [0.2, 0.25) is 0 Å². The summed E-state index contributed by atoms with van der Waals surface area (Å²) in [7, 11) is 0. The molecular formula is C23H36N4O. The molecule has 2 aliphatic heterocycles. The van der Waals surface area contributed by atoms with Crippen molar-refractivity contribution in [3.8, 4) is 6.07 Å². The summed E-state index contributed by atoms with van der Waals surface area (Å²) in [4.78, 5) is 0. The van der Waals surface area contributed by atoms with E-state index in [1.165, 1.54) is 38.5 Å². The van der Waals surface area contributed by atoms with Crippen molar-refractivity contribution in [1.29, 1.82) is 5.26 Å². The average Bonchev–Trinajstić information content (AvgIpc) is 2.73. The molecule has 5 heteroatoms. The first-order chi connectivity index (χ1) is 13.7. The molecule has 1 spiro atoms. The highest BCUT2D eigenvalue weighted by atomic mass is 16.5. The van der Waals surface area contributed by atoms with Crippen LogP contribution >= 0.6 is 0 Å². The van der Waals surface area contributed by atoms with Gasteiger partial charge in [-0.25, -0.2) is 10.0 Å². The van der Waals surface area contributed by atoms with Crippen LogP contribution in [0.25, 0.3) is 0 Å². The van der Waals surface area contributed by atoms with Gasteiger partial charge in [-0.3, -0.25) is 5.32 Å². The Morgan fingerprint density at radius 1 is 1.14 bits per heavy atom. The molecule has 3 rings (SSSR count). The van der Waals surface area contributed by atoms with Crippen molar-refractivity contribution in [1.82, 2.24) is 15.3 Å². The molecule has 2 fully saturated rings. The molecular weight excluding hydrogens is 348 g/mol. The molecule has 2 atom stereocenters. The highest BCUT2D eigenvalue weighted by Gasteiger charge is 2.55. The highest BCUT2D eigenvalue weighted by Crippen LogP contribution is 2.44. The van der Waals surface area contributed by atoms with Crippen LogP contribution in [0.1, 0.15) is 76.0 Å². The molecule has 2 heterocycles. The smallest absolute Gasteiger partial charge is 0.117 e. The molecule has 5 nitrogen and oxygen atoms in total. The standard InChI is InChI=1S/C23H36N4O/c1-3-5-7-15-26(16-8-6-4-2)27-17-13-23(27)22(28-18-14-25-23)21-11-9-20(19-24)10-12-21/h9-12,22,25H,3-8,13-18H2,1-2H3. The fourth-order valence-corrected chi connectivity index (χ4v) is 4.51. The van der Waals surface area contributed by atoms with E-state index < -0.39 is 0 Å². The molecule has 1 aromatic rings. The van der Waals surface area contributed by atoms with E-state index >= 15 is 0 Å². The predicted molar refractivity (Wildman–Crippen MR) is 113 cm³/mol. The summed E-state index contributed by atoms with van der Waals surface area (Å²) in [5.74, 6) is 0. The van der Waals surface area contributed by atoms with Crippen molar-refractivity contribution in [2.45, 2.75) is 70.6 Å². The Morgan fingerprint density at radius 2 is 1.82 bits per heavy atom. The van der Waals surface area contributed by atoms with Gasteiger partial charge in [0, 0.05) is 26.2 Å². The molecule has 2 unspecified atom stereocenters. The maximum Gasteiger partial charge on any atom is 0.117 e. The maximum atomic E-state index is 9.11. The van der Waals surface area contributed by atoms with E-state index in [0.717, 1.165) is 44.8 Å². The molecule has 28 heavy (non-hydrogen) atoms. The normalized spacial score (nSPS) is 25.0. The molecule has 0 amide bonds. The van der Waals surface area contributed by atoms with E-state index in [1.54, 1.807) is 0 Å². The van der Waals surface area contributed by atoms with Gasteiger partial charge in [-0.1, -0.05) is 51.7 Å². The summed E-state index contributed by atoms with van der Waals surface area (Å²) in [6, 6.07) is 10.2. The van der Waals surface area contributed by atoms with Crippen LogP contribution in [0.5, 0.6) is 0 Å². The second kappa shape index (κ2) is 10.4. The number of morpholine rings is 1. The SMILES string of the molecule is CCCCCN(CCCCC)N1CCC12NCCOC2c1ccc(C#N)cc1. The Bertz CT molecular complexity index is 631. The number of hydrazine groups is 1. The van der Waals surface area contributed by atoms with Crippen molar-refractivity contribution in [2.24, 2.45) is 0 Å². The lowest BCUT2D eigenvalue weighted by molar-refractivity contribution is -0.257. The summed E-state index contributed by atoms with van der Waals surface area (Å²) in [6.45, 7) is 9.49. The van der Waals surface area contributed by atoms with Gasteiger partial charge in [0.2, 0.25) is 0 Å². The third-order valence-electron chi connectivity index (χ3n) is 6.14. The molecule has 1 N–H and O–H groups in total. The van der Waals surface area contributed by atoms with Crippen LogP contribution in [-0.2, 0) is 4.74 Å². The van der Waals surface area contributed by atoms with E-state index in [1.807, 2.05) is 12.1 Å². The fraction of sp³-hybridized carbons (Fsp3) is 0.696. The second-order valence-corrected chi connectivity index (χ2v) is 8.08. The Hall–Kier alpha value is -1.45. The predicted octanol–water partition coefficient (Wildman–Crippen LogP) is 4.22. The van der Waals surface area contributed by atoms with Gasteiger partial charge >= 0.3 is 0 Å². The fourth-order valence-electron chi connectivity index (χ4n) is 4.51. The summed E-state index contributed by atoms with van der Waals surface area (Å²) in [5.41, 5.74) is 1.72. The minimum Gasteiger partial charge on any atom is -0.369 e. The Morgan fingerprint density at radius 3 is 2.36 bits per heavy atom. The van der Waals surface area contributed by atoms with Crippen molar-refractivity contribution < 1.29 is 4.74 Å². The first-order valence-electron chi connectivity index (χ1n) is 11.1. The lowest BCUT2D eigenvalue weighted by atomic mass is 9.84. The first kappa shape index (κ1) is 21.3. The quantitative estimate of drug-likeness (QED) is 0.612. The molecule has 0 bridgehead atoms. The van der Waals surface area contributed by atoms with Crippen molar-refractivity contribution in [2.75, 3.05) is 32.8 Å². The van der Waals surface area contributed by atoms with Gasteiger partial charge in [0.25, 0.3) is 0 Å². The van der Waals surface area contributed by atoms with Gasteiger partial charge in [0.15, 0.2) is 0 Å². The monoisotopic (exact) mass is 384 g/mol. The average molecular weight is 385 g/mol. The van der Waals surface area contributed by atoms with E-state index in [9.17, 15) is 0 Å². The van der Waals surface area contributed by atoms with Crippen LogP contribution in [0, 0.1) is 11.3 Å². The molecule has 154 valence electrons. The third kappa shape index (κ3) is 4.58. The molecule has 0 radical (unpaired) electrons.